The first-order chi connectivity index (χ1) is 8.19. The number of methoxy groups -OCH3 is 1. The van der Waals surface area contributed by atoms with Gasteiger partial charge in [-0.15, -0.1) is 0 Å². The zero-order chi connectivity index (χ0) is 12.0. The van der Waals surface area contributed by atoms with Crippen LogP contribution in [-0.2, 0) is 9.47 Å². The Morgan fingerprint density at radius 3 is 2.71 bits per heavy atom. The minimum atomic E-state index is -0.496. The summed E-state index contributed by atoms with van der Waals surface area (Å²) in [4.78, 5) is 11.3. The first-order valence-corrected chi connectivity index (χ1v) is 6.93. The molecular formula is C14H22O3. The van der Waals surface area contributed by atoms with Crippen LogP contribution >= 0.6 is 0 Å². The highest BCUT2D eigenvalue weighted by molar-refractivity contribution is 5.59. The molecule has 3 nitrogen and oxygen atoms in total. The summed E-state index contributed by atoms with van der Waals surface area (Å²) in [5, 5.41) is 0. The number of hydrogen-bond acceptors (Lipinski definition) is 3. The van der Waals surface area contributed by atoms with Crippen LogP contribution in [0.25, 0.3) is 0 Å². The maximum Gasteiger partial charge on any atom is 0.508 e. The van der Waals surface area contributed by atoms with Gasteiger partial charge in [-0.25, -0.2) is 4.79 Å². The van der Waals surface area contributed by atoms with Gasteiger partial charge in [0.1, 0.15) is 6.10 Å². The van der Waals surface area contributed by atoms with Crippen molar-refractivity contribution in [3.63, 3.8) is 0 Å². The van der Waals surface area contributed by atoms with Crippen LogP contribution in [0.15, 0.2) is 0 Å². The van der Waals surface area contributed by atoms with E-state index in [1.807, 2.05) is 0 Å². The van der Waals surface area contributed by atoms with E-state index in [4.69, 9.17) is 4.74 Å². The second kappa shape index (κ2) is 4.18. The third-order valence-electron chi connectivity index (χ3n) is 5.55. The SMILES string of the molecule is COC(=O)OC1CC2CC3CCC1C(C3)C2C. The minimum Gasteiger partial charge on any atom is -0.438 e. The summed E-state index contributed by atoms with van der Waals surface area (Å²) in [6.45, 7) is 2.40. The lowest BCUT2D eigenvalue weighted by Gasteiger charge is -2.54. The maximum atomic E-state index is 11.3. The third kappa shape index (κ3) is 1.84. The maximum absolute atomic E-state index is 11.3. The molecule has 0 aliphatic heterocycles. The molecule has 3 bridgehead atoms. The highest BCUT2D eigenvalue weighted by Crippen LogP contribution is 2.55. The molecule has 0 aromatic heterocycles. The van der Waals surface area contributed by atoms with Crippen molar-refractivity contribution in [1.29, 1.82) is 0 Å². The fraction of sp³-hybridized carbons (Fsp3) is 0.929. The molecule has 6 unspecified atom stereocenters. The van der Waals surface area contributed by atoms with Crippen molar-refractivity contribution in [3.05, 3.63) is 0 Å². The zero-order valence-electron chi connectivity index (χ0n) is 10.7. The highest BCUT2D eigenvalue weighted by atomic mass is 16.7. The quantitative estimate of drug-likeness (QED) is 0.658. The lowest BCUT2D eigenvalue weighted by Crippen LogP contribution is -2.50. The number of carbonyl (C=O) groups excluding carboxylic acids is 1. The molecule has 0 amide bonds. The molecule has 0 aromatic carbocycles. The summed E-state index contributed by atoms with van der Waals surface area (Å²) in [7, 11) is 1.39. The number of hydrogen-bond donors (Lipinski definition) is 0. The molecule has 3 fully saturated rings. The largest absolute Gasteiger partial charge is 0.508 e. The van der Waals surface area contributed by atoms with Crippen molar-refractivity contribution in [2.75, 3.05) is 7.11 Å². The van der Waals surface area contributed by atoms with E-state index < -0.39 is 6.16 Å². The van der Waals surface area contributed by atoms with Gasteiger partial charge in [0, 0.05) is 0 Å². The van der Waals surface area contributed by atoms with Crippen LogP contribution in [0.1, 0.15) is 39.0 Å². The van der Waals surface area contributed by atoms with Crippen LogP contribution in [0.4, 0.5) is 4.79 Å². The average molecular weight is 238 g/mol. The Morgan fingerprint density at radius 2 is 1.94 bits per heavy atom. The molecule has 0 radical (unpaired) electrons. The molecule has 0 aromatic rings. The smallest absolute Gasteiger partial charge is 0.438 e. The second-order valence-corrected chi connectivity index (χ2v) is 6.21. The van der Waals surface area contributed by atoms with Crippen LogP contribution in [0.3, 0.4) is 0 Å². The van der Waals surface area contributed by atoms with Crippen LogP contribution in [0.5, 0.6) is 0 Å². The van der Waals surface area contributed by atoms with E-state index >= 15 is 0 Å². The lowest BCUT2D eigenvalue weighted by molar-refractivity contribution is -0.108. The van der Waals surface area contributed by atoms with Gasteiger partial charge < -0.3 is 9.47 Å². The molecule has 3 saturated carbocycles. The Labute approximate surface area is 103 Å². The Balaban J connectivity index is 1.77. The summed E-state index contributed by atoms with van der Waals surface area (Å²) in [5.41, 5.74) is 0. The van der Waals surface area contributed by atoms with Gasteiger partial charge in [0.05, 0.1) is 7.11 Å². The lowest BCUT2D eigenvalue weighted by atomic mass is 9.52. The molecule has 0 N–H and O–H groups in total. The first kappa shape index (κ1) is 11.4. The van der Waals surface area contributed by atoms with Gasteiger partial charge in [0.15, 0.2) is 0 Å². The van der Waals surface area contributed by atoms with Gasteiger partial charge >= 0.3 is 6.16 Å². The van der Waals surface area contributed by atoms with Crippen LogP contribution in [-0.4, -0.2) is 19.4 Å². The van der Waals surface area contributed by atoms with Crippen molar-refractivity contribution in [2.45, 2.75) is 45.1 Å². The van der Waals surface area contributed by atoms with Crippen LogP contribution < -0.4 is 0 Å². The molecule has 0 heterocycles. The molecule has 3 heteroatoms. The Kier molecular flexibility index (Phi) is 2.80. The Bertz CT molecular complexity index is 313. The van der Waals surface area contributed by atoms with Gasteiger partial charge in [-0.3, -0.25) is 0 Å². The summed E-state index contributed by atoms with van der Waals surface area (Å²) in [6.07, 6.45) is 5.99. The van der Waals surface area contributed by atoms with E-state index in [9.17, 15) is 4.79 Å². The number of rotatable bonds is 1. The van der Waals surface area contributed by atoms with E-state index in [-0.39, 0.29) is 6.10 Å². The van der Waals surface area contributed by atoms with Gasteiger partial charge in [-0.05, 0) is 55.3 Å². The van der Waals surface area contributed by atoms with E-state index in [1.165, 1.54) is 32.8 Å². The predicted octanol–water partition coefficient (Wildman–Crippen LogP) is 3.23. The molecule has 3 aliphatic carbocycles. The first-order valence-electron chi connectivity index (χ1n) is 6.93. The van der Waals surface area contributed by atoms with Crippen molar-refractivity contribution < 1.29 is 14.3 Å². The fourth-order valence-electron chi connectivity index (χ4n) is 4.68. The molecule has 0 saturated heterocycles. The second-order valence-electron chi connectivity index (χ2n) is 6.21. The zero-order valence-corrected chi connectivity index (χ0v) is 10.7. The predicted molar refractivity (Wildman–Crippen MR) is 63.5 cm³/mol. The summed E-state index contributed by atoms with van der Waals surface area (Å²) in [5.74, 6) is 3.93. The van der Waals surface area contributed by atoms with Crippen molar-refractivity contribution >= 4 is 6.16 Å². The summed E-state index contributed by atoms with van der Waals surface area (Å²) < 4.78 is 10.1. The average Bonchev–Trinajstić information content (AvgIpc) is 2.31. The monoisotopic (exact) mass is 238 g/mol. The van der Waals surface area contributed by atoms with Gasteiger partial charge in [0.25, 0.3) is 0 Å². The van der Waals surface area contributed by atoms with E-state index in [0.717, 1.165) is 30.1 Å². The van der Waals surface area contributed by atoms with E-state index in [0.29, 0.717) is 5.92 Å². The van der Waals surface area contributed by atoms with Gasteiger partial charge in [0.2, 0.25) is 0 Å². The molecule has 3 rings (SSSR count). The molecule has 0 spiro atoms. The molecule has 17 heavy (non-hydrogen) atoms. The van der Waals surface area contributed by atoms with Crippen LogP contribution in [0.2, 0.25) is 0 Å². The van der Waals surface area contributed by atoms with Crippen LogP contribution in [0, 0.1) is 29.6 Å². The molecule has 96 valence electrons. The van der Waals surface area contributed by atoms with Crippen molar-refractivity contribution in [1.82, 2.24) is 0 Å². The number of carbonyl (C=O) groups is 1. The molecular weight excluding hydrogens is 216 g/mol. The van der Waals surface area contributed by atoms with E-state index in [2.05, 4.69) is 11.7 Å². The summed E-state index contributed by atoms with van der Waals surface area (Å²) >= 11 is 0. The van der Waals surface area contributed by atoms with Crippen molar-refractivity contribution in [3.8, 4) is 0 Å². The summed E-state index contributed by atoms with van der Waals surface area (Å²) in [6, 6.07) is 0. The van der Waals surface area contributed by atoms with Crippen molar-refractivity contribution in [2.24, 2.45) is 29.6 Å². The molecule has 3 aliphatic rings. The van der Waals surface area contributed by atoms with Gasteiger partial charge in [-0.2, -0.15) is 0 Å². The third-order valence-corrected chi connectivity index (χ3v) is 5.55. The highest BCUT2D eigenvalue weighted by Gasteiger charge is 2.50. The normalized spacial score (nSPS) is 47.6. The number of ether oxygens (including phenoxy) is 2. The Hall–Kier alpha value is -0.730. The minimum absolute atomic E-state index is 0.120. The van der Waals surface area contributed by atoms with Gasteiger partial charge in [-0.1, -0.05) is 13.3 Å². The molecule has 6 atom stereocenters. The topological polar surface area (TPSA) is 35.5 Å². The standard InChI is InChI=1S/C14H22O3/c1-8-10-5-9-3-4-11(12(8)6-9)13(7-10)17-14(15)16-2/h8-13H,3-7H2,1-2H3. The van der Waals surface area contributed by atoms with E-state index in [1.54, 1.807) is 0 Å². The Morgan fingerprint density at radius 1 is 1.12 bits per heavy atom. The number of fused-ring (bicyclic) bond motifs is 2. The fourth-order valence-corrected chi connectivity index (χ4v) is 4.68.